The van der Waals surface area contributed by atoms with Gasteiger partial charge in [0.25, 0.3) is 0 Å². The van der Waals surface area contributed by atoms with Crippen LogP contribution in [0.5, 0.6) is 5.75 Å². The number of ether oxygens (including phenoxy) is 2. The lowest BCUT2D eigenvalue weighted by Gasteiger charge is -2.23. The van der Waals surface area contributed by atoms with Gasteiger partial charge < -0.3 is 25.0 Å². The molecule has 0 aromatic heterocycles. The van der Waals surface area contributed by atoms with E-state index in [0.29, 0.717) is 16.8 Å². The minimum absolute atomic E-state index is 0.128. The van der Waals surface area contributed by atoms with E-state index >= 15 is 0 Å². The molecule has 2 rings (SSSR count). The van der Waals surface area contributed by atoms with Crippen LogP contribution in [0.4, 0.5) is 5.69 Å². The molecule has 0 saturated carbocycles. The van der Waals surface area contributed by atoms with Crippen molar-refractivity contribution < 1.29 is 24.5 Å². The van der Waals surface area contributed by atoms with Gasteiger partial charge in [-0.3, -0.25) is 0 Å². The van der Waals surface area contributed by atoms with Crippen LogP contribution in [-0.4, -0.2) is 42.1 Å². The Kier molecular flexibility index (Phi) is 8.55. The van der Waals surface area contributed by atoms with Crippen molar-refractivity contribution in [3.8, 4) is 11.8 Å². The Balaban J connectivity index is 2.45. The molecule has 0 bridgehead atoms. The fourth-order valence-electron chi connectivity index (χ4n) is 2.48. The Hall–Kier alpha value is -2.50. The zero-order valence-corrected chi connectivity index (χ0v) is 17.1. The molecular formula is C20H20Cl2N2O5. The number of carbonyl (C=O) groups is 1. The van der Waals surface area contributed by atoms with Crippen LogP contribution < -0.4 is 10.1 Å². The molecule has 154 valence electrons. The average Bonchev–Trinajstić information content (AvgIpc) is 2.71. The van der Waals surface area contributed by atoms with Crippen LogP contribution >= 0.6 is 23.2 Å². The van der Waals surface area contributed by atoms with Gasteiger partial charge in [0.15, 0.2) is 6.04 Å². The molecule has 9 heteroatoms. The molecule has 7 nitrogen and oxygen atoms in total. The smallest absolute Gasteiger partial charge is 0.333 e. The van der Waals surface area contributed by atoms with Gasteiger partial charge in [-0.2, -0.15) is 5.26 Å². The quantitative estimate of drug-likeness (QED) is 0.514. The van der Waals surface area contributed by atoms with E-state index in [0.717, 1.165) is 0 Å². The van der Waals surface area contributed by atoms with Crippen molar-refractivity contribution in [1.29, 1.82) is 5.26 Å². The highest BCUT2D eigenvalue weighted by molar-refractivity contribution is 6.35. The summed E-state index contributed by atoms with van der Waals surface area (Å²) >= 11 is 12.4. The van der Waals surface area contributed by atoms with E-state index in [2.05, 4.69) is 5.32 Å². The number of aliphatic hydroxyl groups is 2. The van der Waals surface area contributed by atoms with Crippen molar-refractivity contribution in [2.75, 3.05) is 25.1 Å². The maximum atomic E-state index is 12.7. The van der Waals surface area contributed by atoms with E-state index in [-0.39, 0.29) is 29.0 Å². The number of hydrogen-bond donors (Lipinski definition) is 3. The van der Waals surface area contributed by atoms with Crippen LogP contribution in [0.15, 0.2) is 36.4 Å². The summed E-state index contributed by atoms with van der Waals surface area (Å²) in [5.74, 6) is -0.467. The lowest BCUT2D eigenvalue weighted by molar-refractivity contribution is -0.144. The largest absolute Gasteiger partial charge is 0.489 e. The summed E-state index contributed by atoms with van der Waals surface area (Å²) in [5, 5.41) is 31.0. The Morgan fingerprint density at radius 3 is 2.55 bits per heavy atom. The van der Waals surface area contributed by atoms with Gasteiger partial charge in [-0.1, -0.05) is 23.2 Å². The number of esters is 1. The van der Waals surface area contributed by atoms with Crippen LogP contribution in [0.25, 0.3) is 0 Å². The predicted molar refractivity (Wildman–Crippen MR) is 109 cm³/mol. The van der Waals surface area contributed by atoms with Crippen LogP contribution in [-0.2, 0) is 9.53 Å². The summed E-state index contributed by atoms with van der Waals surface area (Å²) in [4.78, 5) is 12.7. The van der Waals surface area contributed by atoms with Crippen molar-refractivity contribution in [3.63, 3.8) is 0 Å². The molecule has 2 aromatic rings. The number of anilines is 1. The Morgan fingerprint density at radius 1 is 1.28 bits per heavy atom. The van der Waals surface area contributed by atoms with Gasteiger partial charge in [-0.15, -0.1) is 0 Å². The molecule has 3 N–H and O–H groups in total. The summed E-state index contributed by atoms with van der Waals surface area (Å²) in [6, 6.07) is 10.4. The fourth-order valence-corrected chi connectivity index (χ4v) is 3.04. The molecule has 0 aliphatic carbocycles. The number of halogens is 2. The fraction of sp³-hybridized carbons (Fsp3) is 0.300. The zero-order valence-electron chi connectivity index (χ0n) is 15.6. The molecule has 2 aromatic carbocycles. The van der Waals surface area contributed by atoms with Crippen molar-refractivity contribution in [2.24, 2.45) is 0 Å². The second-order valence-corrected chi connectivity index (χ2v) is 6.82. The van der Waals surface area contributed by atoms with E-state index < -0.39 is 24.7 Å². The van der Waals surface area contributed by atoms with E-state index in [1.807, 2.05) is 6.07 Å². The maximum Gasteiger partial charge on any atom is 0.333 e. The first-order valence-corrected chi connectivity index (χ1v) is 9.49. The molecule has 0 radical (unpaired) electrons. The predicted octanol–water partition coefficient (Wildman–Crippen LogP) is 3.31. The number of nitriles is 1. The van der Waals surface area contributed by atoms with E-state index in [1.165, 1.54) is 12.1 Å². The summed E-state index contributed by atoms with van der Waals surface area (Å²) < 4.78 is 10.7. The number of nitrogens with one attached hydrogen (secondary N) is 1. The highest BCUT2D eigenvalue weighted by Crippen LogP contribution is 2.38. The van der Waals surface area contributed by atoms with E-state index in [4.69, 9.17) is 43.0 Å². The van der Waals surface area contributed by atoms with Gasteiger partial charge in [0.2, 0.25) is 0 Å². The van der Waals surface area contributed by atoms with Gasteiger partial charge in [0.1, 0.15) is 18.5 Å². The first-order valence-electron chi connectivity index (χ1n) is 8.73. The molecule has 0 aliphatic rings. The van der Waals surface area contributed by atoms with Crippen molar-refractivity contribution in [3.05, 3.63) is 57.6 Å². The number of hydrogen-bond acceptors (Lipinski definition) is 7. The number of rotatable bonds is 9. The van der Waals surface area contributed by atoms with Gasteiger partial charge >= 0.3 is 5.97 Å². The molecule has 0 fully saturated rings. The van der Waals surface area contributed by atoms with Crippen LogP contribution in [0.1, 0.15) is 24.1 Å². The van der Waals surface area contributed by atoms with Gasteiger partial charge in [-0.05, 0) is 43.3 Å². The Morgan fingerprint density at radius 2 is 1.97 bits per heavy atom. The molecule has 0 saturated heterocycles. The SMILES string of the molecule is CCOC(=O)C(Nc1ccc(C#N)cc1)c1cc(Cl)cc(Cl)c1OCC(O)CO. The number of nitrogens with zero attached hydrogens (tertiary/aromatic N) is 1. The number of aliphatic hydroxyl groups excluding tert-OH is 2. The second-order valence-electron chi connectivity index (χ2n) is 5.97. The normalized spacial score (nSPS) is 12.6. The molecular weight excluding hydrogens is 419 g/mol. The summed E-state index contributed by atoms with van der Waals surface area (Å²) in [7, 11) is 0. The van der Waals surface area contributed by atoms with Gasteiger partial charge in [0, 0.05) is 16.3 Å². The molecule has 29 heavy (non-hydrogen) atoms. The summed E-state index contributed by atoms with van der Waals surface area (Å²) in [5.41, 5.74) is 1.32. The monoisotopic (exact) mass is 438 g/mol. The number of benzene rings is 2. The first-order chi connectivity index (χ1) is 13.9. The Bertz CT molecular complexity index is 884. The van der Waals surface area contributed by atoms with Crippen LogP contribution in [0.3, 0.4) is 0 Å². The number of carbonyl (C=O) groups excluding carboxylic acids is 1. The van der Waals surface area contributed by atoms with Crippen LogP contribution in [0, 0.1) is 11.3 Å². The minimum atomic E-state index is -1.12. The van der Waals surface area contributed by atoms with Gasteiger partial charge in [-0.25, -0.2) is 4.79 Å². The Labute approximate surface area is 178 Å². The lowest BCUT2D eigenvalue weighted by atomic mass is 10.0. The minimum Gasteiger partial charge on any atom is -0.489 e. The van der Waals surface area contributed by atoms with Crippen molar-refractivity contribution in [1.82, 2.24) is 0 Å². The average molecular weight is 439 g/mol. The summed E-state index contributed by atoms with van der Waals surface area (Å²) in [6.07, 6.45) is -1.12. The molecule has 0 spiro atoms. The van der Waals surface area contributed by atoms with Crippen molar-refractivity contribution >= 4 is 34.9 Å². The molecule has 0 aliphatic heterocycles. The first kappa shape index (κ1) is 22.8. The summed E-state index contributed by atoms with van der Waals surface area (Å²) in [6.45, 7) is 1.09. The molecule has 2 unspecified atom stereocenters. The highest BCUT2D eigenvalue weighted by Gasteiger charge is 2.28. The molecule has 2 atom stereocenters. The second kappa shape index (κ2) is 10.9. The van der Waals surface area contributed by atoms with E-state index in [9.17, 15) is 9.90 Å². The lowest BCUT2D eigenvalue weighted by Crippen LogP contribution is -2.26. The maximum absolute atomic E-state index is 12.7. The third-order valence-corrected chi connectivity index (χ3v) is 4.33. The van der Waals surface area contributed by atoms with Crippen LogP contribution in [0.2, 0.25) is 10.0 Å². The standard InChI is InChI=1S/C20H20Cl2N2O5/c1-2-28-20(27)18(24-14-5-3-12(9-23)4-6-14)16-7-13(21)8-17(22)19(16)29-11-15(26)10-25/h3-8,15,18,24-26H,2,10-11H2,1H3. The zero-order chi connectivity index (χ0) is 21.4. The third kappa shape index (κ3) is 6.24. The highest BCUT2D eigenvalue weighted by atomic mass is 35.5. The molecule has 0 heterocycles. The van der Waals surface area contributed by atoms with Gasteiger partial charge in [0.05, 0.1) is 29.9 Å². The third-order valence-electron chi connectivity index (χ3n) is 3.83. The van der Waals surface area contributed by atoms with Crippen molar-refractivity contribution in [2.45, 2.75) is 19.1 Å². The topological polar surface area (TPSA) is 112 Å². The van der Waals surface area contributed by atoms with E-state index in [1.54, 1.807) is 31.2 Å². The molecule has 0 amide bonds.